The van der Waals surface area contributed by atoms with Crippen LogP contribution >= 0.6 is 12.6 Å². The molecule has 0 saturated carbocycles. The summed E-state index contributed by atoms with van der Waals surface area (Å²) >= 11 is 3.85. The Balaban J connectivity index is 3.22. The number of hydrogen-bond acceptors (Lipinski definition) is 3. The van der Waals surface area contributed by atoms with Crippen LogP contribution in [-0.4, -0.2) is 9.97 Å². The van der Waals surface area contributed by atoms with Crippen LogP contribution < -0.4 is 5.56 Å². The monoisotopic (exact) mass is 128 g/mol. The van der Waals surface area contributed by atoms with Gasteiger partial charge in [0, 0.05) is 6.20 Å². The zero-order chi connectivity index (χ0) is 5.98. The van der Waals surface area contributed by atoms with Crippen molar-refractivity contribution in [3.8, 4) is 0 Å². The lowest BCUT2D eigenvalue weighted by atomic mass is 10.7. The molecule has 0 aliphatic carbocycles. The van der Waals surface area contributed by atoms with E-state index in [1.807, 2.05) is 0 Å². The SMILES string of the molecule is O=c1cnc(S)c[nH]1. The minimum atomic E-state index is -0.206. The van der Waals surface area contributed by atoms with E-state index in [1.165, 1.54) is 12.4 Å². The largest absolute Gasteiger partial charge is 0.325 e. The summed E-state index contributed by atoms with van der Waals surface area (Å²) in [7, 11) is 0. The summed E-state index contributed by atoms with van der Waals surface area (Å²) < 4.78 is 0. The number of nitrogens with zero attached hydrogens (tertiary/aromatic N) is 1. The van der Waals surface area contributed by atoms with Crippen molar-refractivity contribution in [2.45, 2.75) is 5.03 Å². The van der Waals surface area contributed by atoms with E-state index in [-0.39, 0.29) is 5.56 Å². The fourth-order valence-corrected chi connectivity index (χ4v) is 0.457. The third kappa shape index (κ3) is 1.10. The first-order valence-corrected chi connectivity index (χ1v) is 2.47. The molecule has 0 aliphatic heterocycles. The second-order valence-corrected chi connectivity index (χ2v) is 1.73. The molecule has 3 nitrogen and oxygen atoms in total. The van der Waals surface area contributed by atoms with E-state index in [0.29, 0.717) is 5.03 Å². The van der Waals surface area contributed by atoms with Gasteiger partial charge in [-0.05, 0) is 0 Å². The lowest BCUT2D eigenvalue weighted by Crippen LogP contribution is -2.02. The Bertz CT molecular complexity index is 211. The average molecular weight is 128 g/mol. The van der Waals surface area contributed by atoms with Gasteiger partial charge < -0.3 is 4.98 Å². The fraction of sp³-hybridized carbons (Fsp3) is 0. The number of aromatic amines is 1. The predicted molar refractivity (Wildman–Crippen MR) is 32.1 cm³/mol. The molecule has 4 heteroatoms. The summed E-state index contributed by atoms with van der Waals surface area (Å²) in [4.78, 5) is 16.3. The van der Waals surface area contributed by atoms with Crippen LogP contribution in [0.4, 0.5) is 0 Å². The van der Waals surface area contributed by atoms with Crippen molar-refractivity contribution in [2.75, 3.05) is 0 Å². The van der Waals surface area contributed by atoms with Gasteiger partial charge in [0.15, 0.2) is 0 Å². The molecule has 0 aromatic carbocycles. The first kappa shape index (κ1) is 5.37. The molecule has 0 atom stereocenters. The van der Waals surface area contributed by atoms with E-state index in [4.69, 9.17) is 0 Å². The minimum Gasteiger partial charge on any atom is -0.325 e. The van der Waals surface area contributed by atoms with Crippen LogP contribution in [0.2, 0.25) is 0 Å². The van der Waals surface area contributed by atoms with Crippen molar-refractivity contribution < 1.29 is 0 Å². The van der Waals surface area contributed by atoms with Gasteiger partial charge in [0.05, 0.1) is 6.20 Å². The number of aromatic nitrogens is 2. The highest BCUT2D eigenvalue weighted by Crippen LogP contribution is 1.90. The molecule has 1 aromatic heterocycles. The maximum absolute atomic E-state index is 10.3. The van der Waals surface area contributed by atoms with Crippen LogP contribution in [0.15, 0.2) is 22.2 Å². The van der Waals surface area contributed by atoms with Crippen molar-refractivity contribution in [1.29, 1.82) is 0 Å². The smallest absolute Gasteiger partial charge is 0.266 e. The Labute approximate surface area is 51.2 Å². The molecule has 1 heterocycles. The van der Waals surface area contributed by atoms with E-state index in [9.17, 15) is 4.79 Å². The zero-order valence-electron chi connectivity index (χ0n) is 3.96. The highest BCUT2D eigenvalue weighted by molar-refractivity contribution is 7.80. The maximum Gasteiger partial charge on any atom is 0.266 e. The molecule has 0 radical (unpaired) electrons. The Morgan fingerprint density at radius 3 is 2.88 bits per heavy atom. The number of nitrogens with one attached hydrogen (secondary N) is 1. The Morgan fingerprint density at radius 1 is 1.75 bits per heavy atom. The van der Waals surface area contributed by atoms with E-state index < -0.39 is 0 Å². The van der Waals surface area contributed by atoms with Crippen molar-refractivity contribution in [3.63, 3.8) is 0 Å². The van der Waals surface area contributed by atoms with Crippen LogP contribution in [-0.2, 0) is 0 Å². The predicted octanol–water partition coefficient (Wildman–Crippen LogP) is 0.0586. The molecule has 0 spiro atoms. The first-order valence-electron chi connectivity index (χ1n) is 2.03. The molecular weight excluding hydrogens is 124 g/mol. The van der Waals surface area contributed by atoms with Gasteiger partial charge in [-0.2, -0.15) is 0 Å². The van der Waals surface area contributed by atoms with Gasteiger partial charge in [-0.15, -0.1) is 12.6 Å². The van der Waals surface area contributed by atoms with Crippen molar-refractivity contribution in [1.82, 2.24) is 9.97 Å². The first-order chi connectivity index (χ1) is 3.79. The lowest BCUT2D eigenvalue weighted by Gasteiger charge is -1.82. The molecule has 0 fully saturated rings. The van der Waals surface area contributed by atoms with E-state index in [2.05, 4.69) is 22.6 Å². The van der Waals surface area contributed by atoms with Gasteiger partial charge in [-0.3, -0.25) is 4.79 Å². The molecule has 1 aromatic rings. The molecule has 42 valence electrons. The van der Waals surface area contributed by atoms with Gasteiger partial charge in [-0.1, -0.05) is 0 Å². The Morgan fingerprint density at radius 2 is 2.50 bits per heavy atom. The van der Waals surface area contributed by atoms with Crippen LogP contribution in [0, 0.1) is 0 Å². The van der Waals surface area contributed by atoms with E-state index >= 15 is 0 Å². The van der Waals surface area contributed by atoms with Crippen LogP contribution in [0.5, 0.6) is 0 Å². The Hall–Kier alpha value is -0.770. The molecule has 0 aliphatic rings. The molecule has 1 N–H and O–H groups in total. The number of H-pyrrole nitrogens is 1. The van der Waals surface area contributed by atoms with E-state index in [0.717, 1.165) is 0 Å². The molecule has 8 heavy (non-hydrogen) atoms. The molecule has 0 amide bonds. The second kappa shape index (κ2) is 2.00. The topological polar surface area (TPSA) is 45.8 Å². The fourth-order valence-electron chi connectivity index (χ4n) is 0.335. The van der Waals surface area contributed by atoms with Crippen molar-refractivity contribution in [2.24, 2.45) is 0 Å². The summed E-state index contributed by atoms with van der Waals surface area (Å²) in [6, 6.07) is 0. The van der Waals surface area contributed by atoms with Gasteiger partial charge in [0.25, 0.3) is 5.56 Å². The third-order valence-electron chi connectivity index (χ3n) is 0.658. The van der Waals surface area contributed by atoms with E-state index in [1.54, 1.807) is 0 Å². The second-order valence-electron chi connectivity index (χ2n) is 1.27. The van der Waals surface area contributed by atoms with Crippen LogP contribution in [0.25, 0.3) is 0 Å². The number of thiol groups is 1. The standard InChI is InChI=1S/C4H4N2OS/c7-3-1-6-4(8)2-5-3/h1-2H,(H,5,7)(H,6,8). The third-order valence-corrected chi connectivity index (χ3v) is 0.902. The summed E-state index contributed by atoms with van der Waals surface area (Å²) in [5, 5.41) is 0.518. The highest BCUT2D eigenvalue weighted by Gasteiger charge is 1.81. The van der Waals surface area contributed by atoms with Crippen LogP contribution in [0.3, 0.4) is 0 Å². The van der Waals surface area contributed by atoms with Crippen molar-refractivity contribution in [3.05, 3.63) is 22.7 Å². The molecule has 0 bridgehead atoms. The number of hydrogen-bond donors (Lipinski definition) is 2. The summed E-state index contributed by atoms with van der Waals surface area (Å²) in [5.74, 6) is 0. The lowest BCUT2D eigenvalue weighted by molar-refractivity contribution is 1.03. The van der Waals surface area contributed by atoms with Crippen LogP contribution in [0.1, 0.15) is 0 Å². The summed E-state index contributed by atoms with van der Waals surface area (Å²) in [5.41, 5.74) is -0.206. The average Bonchev–Trinajstić information content (AvgIpc) is 1.77. The minimum absolute atomic E-state index is 0.206. The number of rotatable bonds is 0. The van der Waals surface area contributed by atoms with Gasteiger partial charge in [-0.25, -0.2) is 4.98 Å². The quantitative estimate of drug-likeness (QED) is 0.485. The van der Waals surface area contributed by atoms with Gasteiger partial charge >= 0.3 is 0 Å². The molecule has 0 saturated heterocycles. The maximum atomic E-state index is 10.3. The highest BCUT2D eigenvalue weighted by atomic mass is 32.1. The van der Waals surface area contributed by atoms with Gasteiger partial charge in [0.2, 0.25) is 0 Å². The zero-order valence-corrected chi connectivity index (χ0v) is 4.85. The van der Waals surface area contributed by atoms with Crippen molar-refractivity contribution >= 4 is 12.6 Å². The molecular formula is C4H4N2OS. The summed E-state index contributed by atoms with van der Waals surface area (Å²) in [6.07, 6.45) is 2.62. The summed E-state index contributed by atoms with van der Waals surface area (Å²) in [6.45, 7) is 0. The Kier molecular flexibility index (Phi) is 1.34. The molecule has 1 rings (SSSR count). The van der Waals surface area contributed by atoms with Gasteiger partial charge in [0.1, 0.15) is 5.03 Å². The molecule has 0 unspecified atom stereocenters. The normalized spacial score (nSPS) is 9.12.